The highest BCUT2D eigenvalue weighted by molar-refractivity contribution is 5.75. The van der Waals surface area contributed by atoms with Crippen LogP contribution >= 0.6 is 0 Å². The number of amides is 2. The smallest absolute Gasteiger partial charge is 0.317 e. The zero-order valence-electron chi connectivity index (χ0n) is 16.5. The maximum atomic E-state index is 12.6. The molecule has 2 amide bonds. The highest BCUT2D eigenvalue weighted by Crippen LogP contribution is 2.58. The van der Waals surface area contributed by atoms with Gasteiger partial charge in [-0.25, -0.2) is 9.78 Å². The predicted molar refractivity (Wildman–Crippen MR) is 111 cm³/mol. The summed E-state index contributed by atoms with van der Waals surface area (Å²) in [5, 5.41) is 3.10. The number of rotatable bonds is 5. The van der Waals surface area contributed by atoms with Crippen molar-refractivity contribution in [3.8, 4) is 0 Å². The van der Waals surface area contributed by atoms with E-state index >= 15 is 0 Å². The van der Waals surface area contributed by atoms with E-state index in [-0.39, 0.29) is 11.4 Å². The molecule has 0 radical (unpaired) electrons. The minimum absolute atomic E-state index is 0.0730. The fourth-order valence-corrected chi connectivity index (χ4v) is 4.69. The number of aromatic nitrogens is 1. The molecule has 0 bridgehead atoms. The summed E-state index contributed by atoms with van der Waals surface area (Å²) in [6.07, 6.45) is 5.24. The van der Waals surface area contributed by atoms with Crippen LogP contribution in [0.15, 0.2) is 42.6 Å². The van der Waals surface area contributed by atoms with E-state index in [9.17, 15) is 4.79 Å². The van der Waals surface area contributed by atoms with E-state index in [1.165, 1.54) is 29.5 Å². The average Bonchev–Trinajstić information content (AvgIpc) is 3.23. The molecule has 2 saturated heterocycles. The zero-order valence-corrected chi connectivity index (χ0v) is 16.5. The Morgan fingerprint density at radius 3 is 2.71 bits per heavy atom. The minimum atomic E-state index is 0.0730. The van der Waals surface area contributed by atoms with Crippen LogP contribution < -0.4 is 10.2 Å². The highest BCUT2D eigenvalue weighted by Gasteiger charge is 2.61. The summed E-state index contributed by atoms with van der Waals surface area (Å²) < 4.78 is 0. The third-order valence-electron chi connectivity index (χ3n) is 6.74. The van der Waals surface area contributed by atoms with Crippen molar-refractivity contribution in [3.05, 3.63) is 59.3 Å². The van der Waals surface area contributed by atoms with E-state index in [2.05, 4.69) is 58.5 Å². The molecule has 2 aliphatic heterocycles. The predicted octanol–water partition coefficient (Wildman–Crippen LogP) is 3.13. The van der Waals surface area contributed by atoms with Gasteiger partial charge in [0.2, 0.25) is 0 Å². The van der Waals surface area contributed by atoms with Gasteiger partial charge < -0.3 is 15.1 Å². The van der Waals surface area contributed by atoms with E-state index < -0.39 is 0 Å². The molecule has 1 N–H and O–H groups in total. The maximum absolute atomic E-state index is 12.6. The SMILES string of the molecule is Cc1ccc([C@]23C[C@H]2CN(C(=O)NCCc2ccc(N4CCC4)nc2)C3)cc1. The van der Waals surface area contributed by atoms with Crippen LogP contribution in [0.2, 0.25) is 0 Å². The van der Waals surface area contributed by atoms with Crippen molar-refractivity contribution >= 4 is 11.8 Å². The topological polar surface area (TPSA) is 48.5 Å². The maximum Gasteiger partial charge on any atom is 0.317 e. The number of fused-ring (bicyclic) bond motifs is 1. The summed E-state index contributed by atoms with van der Waals surface area (Å²) in [6, 6.07) is 13.2. The van der Waals surface area contributed by atoms with Gasteiger partial charge in [-0.05, 0) is 49.3 Å². The lowest BCUT2D eigenvalue weighted by molar-refractivity contribution is 0.203. The van der Waals surface area contributed by atoms with Gasteiger partial charge in [0.25, 0.3) is 0 Å². The fourth-order valence-electron chi connectivity index (χ4n) is 4.69. The summed E-state index contributed by atoms with van der Waals surface area (Å²) in [4.78, 5) is 21.4. The molecule has 3 heterocycles. The molecule has 1 aromatic carbocycles. The van der Waals surface area contributed by atoms with Gasteiger partial charge in [0.15, 0.2) is 0 Å². The van der Waals surface area contributed by atoms with Crippen LogP contribution in [0.25, 0.3) is 0 Å². The molecular formula is C23H28N4O. The number of nitrogens with one attached hydrogen (secondary N) is 1. The molecule has 2 aromatic rings. The first-order chi connectivity index (χ1) is 13.6. The number of hydrogen-bond acceptors (Lipinski definition) is 3. The Morgan fingerprint density at radius 2 is 2.04 bits per heavy atom. The van der Waals surface area contributed by atoms with Crippen LogP contribution in [-0.2, 0) is 11.8 Å². The molecule has 5 nitrogen and oxygen atoms in total. The molecular weight excluding hydrogens is 348 g/mol. The number of carbonyl (C=O) groups excluding carboxylic acids is 1. The van der Waals surface area contributed by atoms with Crippen molar-refractivity contribution in [1.29, 1.82) is 0 Å². The van der Waals surface area contributed by atoms with Gasteiger partial charge in [-0.1, -0.05) is 35.9 Å². The van der Waals surface area contributed by atoms with E-state index in [4.69, 9.17) is 0 Å². The fraction of sp³-hybridized carbons (Fsp3) is 0.478. The van der Waals surface area contributed by atoms with Gasteiger partial charge in [-0.2, -0.15) is 0 Å². The number of aryl methyl sites for hydroxylation is 1. The molecule has 5 rings (SSSR count). The van der Waals surface area contributed by atoms with Crippen molar-refractivity contribution in [3.63, 3.8) is 0 Å². The van der Waals surface area contributed by atoms with Crippen molar-refractivity contribution in [2.75, 3.05) is 37.6 Å². The number of urea groups is 1. The largest absolute Gasteiger partial charge is 0.356 e. The number of benzene rings is 1. The van der Waals surface area contributed by atoms with Crippen LogP contribution in [0.5, 0.6) is 0 Å². The summed E-state index contributed by atoms with van der Waals surface area (Å²) in [5.41, 5.74) is 4.07. The molecule has 1 saturated carbocycles. The van der Waals surface area contributed by atoms with E-state index in [1.807, 2.05) is 11.1 Å². The van der Waals surface area contributed by atoms with Gasteiger partial charge in [0.05, 0.1) is 0 Å². The summed E-state index contributed by atoms with van der Waals surface area (Å²) in [5.74, 6) is 1.69. The molecule has 5 heteroatoms. The molecule has 28 heavy (non-hydrogen) atoms. The van der Waals surface area contributed by atoms with Gasteiger partial charge >= 0.3 is 6.03 Å². The second kappa shape index (κ2) is 6.80. The minimum Gasteiger partial charge on any atom is -0.356 e. The Kier molecular flexibility index (Phi) is 4.26. The number of nitrogens with zero attached hydrogens (tertiary/aromatic N) is 3. The second-order valence-corrected chi connectivity index (χ2v) is 8.65. The summed E-state index contributed by atoms with van der Waals surface area (Å²) >= 11 is 0. The van der Waals surface area contributed by atoms with Crippen LogP contribution in [0.4, 0.5) is 10.6 Å². The number of anilines is 1. The number of likely N-dealkylation sites (tertiary alicyclic amines) is 1. The molecule has 2 atom stereocenters. The normalized spacial score (nSPS) is 25.2. The lowest BCUT2D eigenvalue weighted by Crippen LogP contribution is -2.41. The van der Waals surface area contributed by atoms with Crippen LogP contribution in [-0.4, -0.2) is 48.6 Å². The molecule has 3 aliphatic rings. The monoisotopic (exact) mass is 376 g/mol. The lowest BCUT2D eigenvalue weighted by Gasteiger charge is -2.31. The third kappa shape index (κ3) is 3.13. The van der Waals surface area contributed by atoms with Gasteiger partial charge in [-0.3, -0.25) is 0 Å². The van der Waals surface area contributed by atoms with Crippen LogP contribution in [0, 0.1) is 12.8 Å². The second-order valence-electron chi connectivity index (χ2n) is 8.65. The van der Waals surface area contributed by atoms with Gasteiger partial charge in [0, 0.05) is 44.3 Å². The standard InChI is InChI=1S/C23H28N4O/c1-17-3-6-19(7-4-17)23-13-20(23)15-27(16-23)22(28)24-10-9-18-5-8-21(25-14-18)26-11-2-12-26/h3-8,14,20H,2,9-13,15-16H2,1H3,(H,24,28)/t20-,23+/m0/s1. The number of carbonyl (C=O) groups is 1. The van der Waals surface area contributed by atoms with E-state index in [0.29, 0.717) is 12.5 Å². The molecule has 0 unspecified atom stereocenters. The molecule has 146 valence electrons. The van der Waals surface area contributed by atoms with E-state index in [1.54, 1.807) is 0 Å². The van der Waals surface area contributed by atoms with Gasteiger partial charge in [0.1, 0.15) is 5.82 Å². The Labute approximate surface area is 166 Å². The first-order valence-electron chi connectivity index (χ1n) is 10.4. The Morgan fingerprint density at radius 1 is 1.21 bits per heavy atom. The lowest BCUT2D eigenvalue weighted by atomic mass is 9.94. The quantitative estimate of drug-likeness (QED) is 0.872. The third-order valence-corrected chi connectivity index (χ3v) is 6.74. The Hall–Kier alpha value is -2.56. The molecule has 0 spiro atoms. The van der Waals surface area contributed by atoms with Crippen LogP contribution in [0.1, 0.15) is 29.5 Å². The van der Waals surface area contributed by atoms with Crippen molar-refractivity contribution < 1.29 is 4.79 Å². The Bertz CT molecular complexity index is 859. The molecule has 1 aromatic heterocycles. The highest BCUT2D eigenvalue weighted by atomic mass is 16.2. The van der Waals surface area contributed by atoms with Crippen molar-refractivity contribution in [2.24, 2.45) is 5.92 Å². The van der Waals surface area contributed by atoms with Gasteiger partial charge in [-0.15, -0.1) is 0 Å². The Balaban J connectivity index is 1.11. The number of hydrogen-bond donors (Lipinski definition) is 1. The van der Waals surface area contributed by atoms with Crippen molar-refractivity contribution in [2.45, 2.75) is 31.6 Å². The first-order valence-corrected chi connectivity index (χ1v) is 10.4. The number of pyridine rings is 1. The molecule has 3 fully saturated rings. The summed E-state index contributed by atoms with van der Waals surface area (Å²) in [7, 11) is 0. The number of piperidine rings is 1. The zero-order chi connectivity index (χ0) is 19.1. The van der Waals surface area contributed by atoms with Crippen molar-refractivity contribution in [1.82, 2.24) is 15.2 Å². The first kappa shape index (κ1) is 17.5. The molecule has 1 aliphatic carbocycles. The average molecular weight is 377 g/mol. The summed E-state index contributed by atoms with van der Waals surface area (Å²) in [6.45, 7) is 6.73. The van der Waals surface area contributed by atoms with E-state index in [0.717, 1.165) is 38.4 Å². The van der Waals surface area contributed by atoms with Crippen LogP contribution in [0.3, 0.4) is 0 Å².